The second kappa shape index (κ2) is 6.88. The summed E-state index contributed by atoms with van der Waals surface area (Å²) in [6, 6.07) is 2.61. The number of hydrogen-bond donors (Lipinski definition) is 2. The van der Waals surface area contributed by atoms with Gasteiger partial charge >= 0.3 is 12.0 Å². The lowest BCUT2D eigenvalue weighted by atomic mass is 10.1. The van der Waals surface area contributed by atoms with E-state index in [4.69, 9.17) is 0 Å². The number of urea groups is 1. The zero-order chi connectivity index (χ0) is 14.4. The molecule has 0 aromatic carbocycles. The van der Waals surface area contributed by atoms with Crippen LogP contribution in [0.3, 0.4) is 0 Å². The number of carbonyl (C=O) groups is 2. The number of pyridine rings is 1. The van der Waals surface area contributed by atoms with Gasteiger partial charge in [0.15, 0.2) is 0 Å². The monoisotopic (exact) mass is 277 g/mol. The van der Waals surface area contributed by atoms with Crippen molar-refractivity contribution in [2.24, 2.45) is 0 Å². The molecule has 20 heavy (non-hydrogen) atoms. The van der Waals surface area contributed by atoms with Gasteiger partial charge in [-0.2, -0.15) is 0 Å². The van der Waals surface area contributed by atoms with Crippen molar-refractivity contribution >= 4 is 12.0 Å². The molecule has 2 N–H and O–H groups in total. The number of carboxylic acid groups (broad SMARTS) is 1. The Labute approximate surface area is 117 Å². The van der Waals surface area contributed by atoms with Gasteiger partial charge < -0.3 is 15.3 Å². The predicted molar refractivity (Wildman–Crippen MR) is 73.1 cm³/mol. The minimum atomic E-state index is -0.925. The highest BCUT2D eigenvalue weighted by Gasteiger charge is 2.30. The molecule has 1 atom stereocenters. The summed E-state index contributed by atoms with van der Waals surface area (Å²) in [5.74, 6) is -0.925. The summed E-state index contributed by atoms with van der Waals surface area (Å²) in [5, 5.41) is 12.0. The number of nitrogens with zero attached hydrogens (tertiary/aromatic N) is 2. The highest BCUT2D eigenvalue weighted by atomic mass is 16.4. The van der Waals surface area contributed by atoms with Crippen LogP contribution in [-0.4, -0.2) is 39.6 Å². The largest absolute Gasteiger partial charge is 0.480 e. The smallest absolute Gasteiger partial charge is 0.326 e. The maximum absolute atomic E-state index is 12.2. The standard InChI is InChI=1S/C14H19N3O3/c18-13(19)12-4-2-1-3-9-17(12)14(20)16-10-11-5-7-15-8-6-11/h5-8,12H,1-4,9-10H2,(H,16,20)(H,18,19). The van der Waals surface area contributed by atoms with Crippen LogP contribution in [0.5, 0.6) is 0 Å². The van der Waals surface area contributed by atoms with Crippen molar-refractivity contribution in [1.29, 1.82) is 0 Å². The fourth-order valence-corrected chi connectivity index (χ4v) is 2.39. The van der Waals surface area contributed by atoms with Crippen LogP contribution in [-0.2, 0) is 11.3 Å². The van der Waals surface area contributed by atoms with Crippen LogP contribution in [0.1, 0.15) is 31.2 Å². The summed E-state index contributed by atoms with van der Waals surface area (Å²) in [4.78, 5) is 28.8. The molecule has 1 aliphatic heterocycles. The third-order valence-electron chi connectivity index (χ3n) is 3.49. The zero-order valence-electron chi connectivity index (χ0n) is 11.3. The molecule has 1 aromatic rings. The van der Waals surface area contributed by atoms with Crippen molar-refractivity contribution < 1.29 is 14.7 Å². The van der Waals surface area contributed by atoms with E-state index in [1.807, 2.05) is 12.1 Å². The summed E-state index contributed by atoms with van der Waals surface area (Å²) >= 11 is 0. The van der Waals surface area contributed by atoms with E-state index in [9.17, 15) is 14.7 Å². The number of amides is 2. The first-order valence-corrected chi connectivity index (χ1v) is 6.84. The first-order chi connectivity index (χ1) is 9.68. The molecule has 0 saturated carbocycles. The summed E-state index contributed by atoms with van der Waals surface area (Å²) in [6.45, 7) is 0.878. The van der Waals surface area contributed by atoms with Gasteiger partial charge in [0.1, 0.15) is 6.04 Å². The molecule has 2 amide bonds. The first kappa shape index (κ1) is 14.3. The Morgan fingerprint density at radius 1 is 1.30 bits per heavy atom. The molecular formula is C14H19N3O3. The Balaban J connectivity index is 1.96. The number of aliphatic carboxylic acids is 1. The van der Waals surface area contributed by atoms with Gasteiger partial charge in [-0.3, -0.25) is 4.98 Å². The molecule has 1 fully saturated rings. The minimum absolute atomic E-state index is 0.309. The normalized spacial score (nSPS) is 19.2. The summed E-state index contributed by atoms with van der Waals surface area (Å²) in [6.07, 6.45) is 6.52. The van der Waals surface area contributed by atoms with Crippen LogP contribution in [0, 0.1) is 0 Å². The van der Waals surface area contributed by atoms with Gasteiger partial charge in [0.05, 0.1) is 0 Å². The van der Waals surface area contributed by atoms with Crippen molar-refractivity contribution in [2.75, 3.05) is 6.54 Å². The number of hydrogen-bond acceptors (Lipinski definition) is 3. The first-order valence-electron chi connectivity index (χ1n) is 6.84. The third kappa shape index (κ3) is 3.69. The lowest BCUT2D eigenvalue weighted by Gasteiger charge is -2.27. The Morgan fingerprint density at radius 3 is 2.75 bits per heavy atom. The molecule has 0 bridgehead atoms. The number of carboxylic acids is 1. The van der Waals surface area contributed by atoms with Gasteiger partial charge in [-0.05, 0) is 30.5 Å². The van der Waals surface area contributed by atoms with E-state index in [0.717, 1.165) is 24.8 Å². The van der Waals surface area contributed by atoms with E-state index in [2.05, 4.69) is 10.3 Å². The Kier molecular flexibility index (Phi) is 4.92. The molecule has 2 rings (SSSR count). The highest BCUT2D eigenvalue weighted by Crippen LogP contribution is 2.17. The molecule has 0 spiro atoms. The van der Waals surface area contributed by atoms with E-state index in [1.165, 1.54) is 4.90 Å². The maximum atomic E-state index is 12.2. The summed E-state index contributed by atoms with van der Waals surface area (Å²) in [5.41, 5.74) is 0.940. The number of aromatic nitrogens is 1. The van der Waals surface area contributed by atoms with Crippen LogP contribution >= 0.6 is 0 Å². The van der Waals surface area contributed by atoms with Gasteiger partial charge in [0, 0.05) is 25.5 Å². The number of likely N-dealkylation sites (tertiary alicyclic amines) is 1. The van der Waals surface area contributed by atoms with Gasteiger partial charge in [0.2, 0.25) is 0 Å². The topological polar surface area (TPSA) is 82.5 Å². The molecule has 0 radical (unpaired) electrons. The molecular weight excluding hydrogens is 258 g/mol. The van der Waals surface area contributed by atoms with Crippen LogP contribution in [0.25, 0.3) is 0 Å². The van der Waals surface area contributed by atoms with Crippen LogP contribution < -0.4 is 5.32 Å². The minimum Gasteiger partial charge on any atom is -0.480 e. The number of nitrogens with one attached hydrogen (secondary N) is 1. The summed E-state index contributed by atoms with van der Waals surface area (Å²) < 4.78 is 0. The second-order valence-electron chi connectivity index (χ2n) is 4.91. The van der Waals surface area contributed by atoms with Gasteiger partial charge in [0.25, 0.3) is 0 Å². The SMILES string of the molecule is O=C(O)C1CCCCCN1C(=O)NCc1ccncc1. The van der Waals surface area contributed by atoms with E-state index < -0.39 is 12.0 Å². The predicted octanol–water partition coefficient (Wildman–Crippen LogP) is 1.62. The van der Waals surface area contributed by atoms with E-state index in [0.29, 0.717) is 19.5 Å². The highest BCUT2D eigenvalue weighted by molar-refractivity contribution is 5.82. The number of carbonyl (C=O) groups excluding carboxylic acids is 1. The lowest BCUT2D eigenvalue weighted by molar-refractivity contribution is -0.142. The fourth-order valence-electron chi connectivity index (χ4n) is 2.39. The molecule has 108 valence electrons. The fraction of sp³-hybridized carbons (Fsp3) is 0.500. The molecule has 1 unspecified atom stereocenters. The van der Waals surface area contributed by atoms with Crippen molar-refractivity contribution in [3.63, 3.8) is 0 Å². The second-order valence-corrected chi connectivity index (χ2v) is 4.91. The zero-order valence-corrected chi connectivity index (χ0v) is 11.3. The Hall–Kier alpha value is -2.11. The van der Waals surface area contributed by atoms with Gasteiger partial charge in [-0.15, -0.1) is 0 Å². The van der Waals surface area contributed by atoms with Crippen LogP contribution in [0.2, 0.25) is 0 Å². The summed E-state index contributed by atoms with van der Waals surface area (Å²) in [7, 11) is 0. The van der Waals surface area contributed by atoms with E-state index >= 15 is 0 Å². The number of rotatable bonds is 3. The Morgan fingerprint density at radius 2 is 2.05 bits per heavy atom. The van der Waals surface area contributed by atoms with Crippen molar-refractivity contribution in [2.45, 2.75) is 38.3 Å². The van der Waals surface area contributed by atoms with E-state index in [-0.39, 0.29) is 6.03 Å². The Bertz CT molecular complexity index is 464. The maximum Gasteiger partial charge on any atom is 0.326 e. The molecule has 2 heterocycles. The average molecular weight is 277 g/mol. The van der Waals surface area contributed by atoms with Crippen LogP contribution in [0.4, 0.5) is 4.79 Å². The molecule has 1 aromatic heterocycles. The van der Waals surface area contributed by atoms with Crippen molar-refractivity contribution in [3.8, 4) is 0 Å². The third-order valence-corrected chi connectivity index (χ3v) is 3.49. The molecule has 6 nitrogen and oxygen atoms in total. The lowest BCUT2D eigenvalue weighted by Crippen LogP contribution is -2.49. The van der Waals surface area contributed by atoms with Crippen molar-refractivity contribution in [1.82, 2.24) is 15.2 Å². The molecule has 1 aliphatic rings. The van der Waals surface area contributed by atoms with Crippen molar-refractivity contribution in [3.05, 3.63) is 30.1 Å². The van der Waals surface area contributed by atoms with E-state index in [1.54, 1.807) is 12.4 Å². The van der Waals surface area contributed by atoms with Gasteiger partial charge in [-0.25, -0.2) is 9.59 Å². The molecule has 6 heteroatoms. The molecule has 0 aliphatic carbocycles. The molecule has 1 saturated heterocycles. The quantitative estimate of drug-likeness (QED) is 0.879. The van der Waals surface area contributed by atoms with Crippen LogP contribution in [0.15, 0.2) is 24.5 Å². The average Bonchev–Trinajstić information content (AvgIpc) is 2.71. The van der Waals surface area contributed by atoms with Gasteiger partial charge in [-0.1, -0.05) is 12.8 Å².